The lowest BCUT2D eigenvalue weighted by atomic mass is 10.1. The zero-order valence-electron chi connectivity index (χ0n) is 21.1. The van der Waals surface area contributed by atoms with E-state index >= 15 is 0 Å². The van der Waals surface area contributed by atoms with Crippen LogP contribution in [-0.2, 0) is 6.54 Å². The van der Waals surface area contributed by atoms with Gasteiger partial charge in [-0.1, -0.05) is 0 Å². The quantitative estimate of drug-likeness (QED) is 0.339. The van der Waals surface area contributed by atoms with Crippen molar-refractivity contribution in [1.82, 2.24) is 39.6 Å². The zero-order valence-corrected chi connectivity index (χ0v) is 21.1. The fourth-order valence-electron chi connectivity index (χ4n) is 4.45. The Morgan fingerprint density at radius 1 is 1.21 bits per heavy atom. The molecule has 1 atom stereocenters. The molecule has 12 heteroatoms. The number of rotatable bonds is 7. The minimum atomic E-state index is -0.522. The number of carbonyl (C=O) groups excluding carboxylic acids is 1. The summed E-state index contributed by atoms with van der Waals surface area (Å²) in [4.78, 5) is 14.9. The van der Waals surface area contributed by atoms with E-state index in [0.29, 0.717) is 28.9 Å². The number of benzene rings is 1. The van der Waals surface area contributed by atoms with E-state index in [1.165, 1.54) is 23.1 Å². The molecular weight excluding hydrogens is 489 g/mol. The normalized spacial score (nSPS) is 14.2. The fourth-order valence-corrected chi connectivity index (χ4v) is 4.45. The van der Waals surface area contributed by atoms with Crippen LogP contribution < -0.4 is 5.32 Å². The highest BCUT2D eigenvalue weighted by Gasteiger charge is 2.27. The molecule has 1 saturated carbocycles. The molecule has 0 radical (unpaired) electrons. The molecule has 4 aromatic heterocycles. The second-order valence-corrected chi connectivity index (χ2v) is 9.77. The van der Waals surface area contributed by atoms with Gasteiger partial charge in [-0.05, 0) is 74.2 Å². The zero-order chi connectivity index (χ0) is 26.6. The van der Waals surface area contributed by atoms with Crippen LogP contribution in [-0.4, -0.2) is 56.7 Å². The smallest absolute Gasteiger partial charge is 0.259 e. The highest BCUT2D eigenvalue weighted by Crippen LogP contribution is 2.34. The number of carbonyl (C=O) groups is 1. The van der Waals surface area contributed by atoms with Crippen molar-refractivity contribution in [3.63, 3.8) is 0 Å². The minimum Gasteiger partial charge on any atom is -0.391 e. The summed E-state index contributed by atoms with van der Waals surface area (Å²) in [5.41, 5.74) is 4.72. The number of tetrazole rings is 1. The highest BCUT2D eigenvalue weighted by atomic mass is 19.1. The predicted octanol–water partition coefficient (Wildman–Crippen LogP) is 3.58. The van der Waals surface area contributed by atoms with Gasteiger partial charge in [0.2, 0.25) is 5.82 Å². The van der Waals surface area contributed by atoms with E-state index in [1.807, 2.05) is 25.3 Å². The van der Waals surface area contributed by atoms with Gasteiger partial charge >= 0.3 is 0 Å². The van der Waals surface area contributed by atoms with E-state index in [0.717, 1.165) is 29.7 Å². The minimum absolute atomic E-state index is 0.171. The molecule has 0 bridgehead atoms. The van der Waals surface area contributed by atoms with Gasteiger partial charge in [-0.2, -0.15) is 15.0 Å². The fraction of sp³-hybridized carbons (Fsp3) is 0.308. The van der Waals surface area contributed by atoms with Crippen LogP contribution in [0.15, 0.2) is 42.9 Å². The summed E-state index contributed by atoms with van der Waals surface area (Å²) in [6.45, 7) is 5.71. The average molecular weight is 516 g/mol. The maximum absolute atomic E-state index is 14.8. The molecular formula is C26H26FN9O2. The second-order valence-electron chi connectivity index (χ2n) is 9.77. The largest absolute Gasteiger partial charge is 0.391 e. The van der Waals surface area contributed by atoms with Crippen molar-refractivity contribution in [3.05, 3.63) is 65.5 Å². The van der Waals surface area contributed by atoms with Crippen molar-refractivity contribution in [2.24, 2.45) is 0 Å². The first kappa shape index (κ1) is 23.9. The Morgan fingerprint density at radius 2 is 2.03 bits per heavy atom. The molecule has 5 aromatic rings. The highest BCUT2D eigenvalue weighted by molar-refractivity contribution is 6.09. The maximum atomic E-state index is 14.8. The number of aromatic nitrogens is 8. The van der Waals surface area contributed by atoms with Crippen molar-refractivity contribution in [3.8, 4) is 22.5 Å². The average Bonchev–Trinajstić information content (AvgIpc) is 3.28. The Bertz CT molecular complexity index is 1680. The van der Waals surface area contributed by atoms with Gasteiger partial charge in [-0.3, -0.25) is 9.48 Å². The number of anilines is 1. The van der Waals surface area contributed by atoms with E-state index in [9.17, 15) is 14.3 Å². The van der Waals surface area contributed by atoms with Gasteiger partial charge in [-0.15, -0.1) is 10.2 Å². The van der Waals surface area contributed by atoms with E-state index in [1.54, 1.807) is 29.2 Å². The summed E-state index contributed by atoms with van der Waals surface area (Å²) >= 11 is 0. The van der Waals surface area contributed by atoms with Gasteiger partial charge in [0, 0.05) is 23.6 Å². The van der Waals surface area contributed by atoms with Crippen LogP contribution in [0.2, 0.25) is 0 Å². The maximum Gasteiger partial charge on any atom is 0.259 e. The number of fused-ring (bicyclic) bond motifs is 1. The first-order valence-electron chi connectivity index (χ1n) is 12.4. The Hall–Kier alpha value is -4.45. The lowest BCUT2D eigenvalue weighted by Gasteiger charge is -2.10. The summed E-state index contributed by atoms with van der Waals surface area (Å²) in [6, 6.07) is 6.89. The molecule has 38 heavy (non-hydrogen) atoms. The number of halogens is 1. The van der Waals surface area contributed by atoms with Gasteiger partial charge in [0.05, 0.1) is 47.2 Å². The molecule has 6 rings (SSSR count). The molecule has 2 N–H and O–H groups in total. The molecule has 0 aliphatic heterocycles. The van der Waals surface area contributed by atoms with Crippen molar-refractivity contribution in [2.45, 2.75) is 52.3 Å². The van der Waals surface area contributed by atoms with Gasteiger partial charge in [-0.25, -0.2) is 8.91 Å². The van der Waals surface area contributed by atoms with Crippen molar-refractivity contribution < 1.29 is 14.3 Å². The van der Waals surface area contributed by atoms with Crippen molar-refractivity contribution in [2.75, 3.05) is 5.32 Å². The van der Waals surface area contributed by atoms with Gasteiger partial charge in [0.1, 0.15) is 5.82 Å². The van der Waals surface area contributed by atoms with Crippen molar-refractivity contribution in [1.29, 1.82) is 0 Å². The number of amides is 1. The van der Waals surface area contributed by atoms with E-state index in [-0.39, 0.29) is 23.3 Å². The first-order chi connectivity index (χ1) is 18.3. The Labute approximate surface area is 216 Å². The van der Waals surface area contributed by atoms with Crippen LogP contribution in [0, 0.1) is 19.7 Å². The summed E-state index contributed by atoms with van der Waals surface area (Å²) in [5.74, 6) is -0.686. The van der Waals surface area contributed by atoms with Gasteiger partial charge in [0.15, 0.2) is 0 Å². The third-order valence-electron chi connectivity index (χ3n) is 6.58. The van der Waals surface area contributed by atoms with Crippen LogP contribution in [0.1, 0.15) is 47.4 Å². The molecule has 1 aliphatic rings. The number of aliphatic hydroxyl groups excluding tert-OH is 1. The molecule has 4 heterocycles. The van der Waals surface area contributed by atoms with Gasteiger partial charge < -0.3 is 10.4 Å². The molecule has 0 unspecified atom stereocenters. The molecule has 1 fully saturated rings. The predicted molar refractivity (Wildman–Crippen MR) is 137 cm³/mol. The number of nitrogens with one attached hydrogen (secondary N) is 1. The molecule has 0 spiro atoms. The van der Waals surface area contributed by atoms with Crippen LogP contribution in [0.3, 0.4) is 0 Å². The Kier molecular flexibility index (Phi) is 5.75. The van der Waals surface area contributed by atoms with Crippen LogP contribution in [0.25, 0.3) is 28.0 Å². The molecule has 1 amide bonds. The third kappa shape index (κ3) is 4.43. The lowest BCUT2D eigenvalue weighted by molar-refractivity contribution is 0.102. The van der Waals surface area contributed by atoms with E-state index in [2.05, 4.69) is 30.9 Å². The standard InChI is InChI=1S/C26H26FN9O2/c1-14-8-22(27)19(25-30-33-36(32-25)18-4-5-18)10-23(14)29-26(38)20-11-28-35-7-6-17(9-24(20)35)21-13-34(12-15(2)37)31-16(21)3/h6-11,13,15,18,37H,4-5,12H2,1-3H3,(H,29,38)/t15-/m1/s1. The summed E-state index contributed by atoms with van der Waals surface area (Å²) in [7, 11) is 0. The SMILES string of the molecule is Cc1cc(F)c(-c2nnn(C3CC3)n2)cc1NC(=O)c1cnn2ccc(-c3cn(C[C@@H](C)O)nc3C)cc12. The van der Waals surface area contributed by atoms with Gasteiger partial charge in [0.25, 0.3) is 5.91 Å². The Morgan fingerprint density at radius 3 is 2.79 bits per heavy atom. The number of aryl methyl sites for hydroxylation is 2. The first-order valence-corrected chi connectivity index (χ1v) is 12.4. The van der Waals surface area contributed by atoms with Crippen LogP contribution in [0.4, 0.5) is 10.1 Å². The number of nitrogens with zero attached hydrogens (tertiary/aromatic N) is 8. The number of pyridine rings is 1. The lowest BCUT2D eigenvalue weighted by Crippen LogP contribution is -2.13. The monoisotopic (exact) mass is 515 g/mol. The van der Waals surface area contributed by atoms with Crippen LogP contribution in [0.5, 0.6) is 0 Å². The van der Waals surface area contributed by atoms with E-state index in [4.69, 9.17) is 0 Å². The summed E-state index contributed by atoms with van der Waals surface area (Å²) in [5, 5.41) is 33.8. The van der Waals surface area contributed by atoms with E-state index < -0.39 is 11.9 Å². The summed E-state index contributed by atoms with van der Waals surface area (Å²) in [6.07, 6.45) is 6.60. The molecule has 194 valence electrons. The number of hydrogen-bond acceptors (Lipinski definition) is 7. The number of aliphatic hydroxyl groups is 1. The molecule has 1 aromatic carbocycles. The van der Waals surface area contributed by atoms with Crippen LogP contribution >= 0.6 is 0 Å². The second kappa shape index (κ2) is 9.14. The topological polar surface area (TPSA) is 128 Å². The molecule has 0 saturated heterocycles. The summed E-state index contributed by atoms with van der Waals surface area (Å²) < 4.78 is 18.1. The Balaban J connectivity index is 1.30. The molecule has 1 aliphatic carbocycles. The third-order valence-corrected chi connectivity index (χ3v) is 6.58. The number of hydrogen-bond donors (Lipinski definition) is 2. The van der Waals surface area contributed by atoms with Crippen molar-refractivity contribution >= 4 is 17.1 Å². The molecule has 11 nitrogen and oxygen atoms in total.